The van der Waals surface area contributed by atoms with Crippen molar-refractivity contribution in [3.8, 4) is 0 Å². The summed E-state index contributed by atoms with van der Waals surface area (Å²) >= 11 is 5.92. The van der Waals surface area contributed by atoms with Gasteiger partial charge in [0.25, 0.3) is 11.6 Å². The first-order valence-electron chi connectivity index (χ1n) is 9.45. The highest BCUT2D eigenvalue weighted by molar-refractivity contribution is 6.31. The zero-order valence-corrected chi connectivity index (χ0v) is 16.3. The Bertz CT molecular complexity index is 696. The number of hydrogen-bond donors (Lipinski definition) is 1. The SMILES string of the molecule is CCCCCCNC(=O)C1CCCN(C(=O)c2cc(Cl)ccc2[N+](=O)[O-])C1. The van der Waals surface area contributed by atoms with Crippen LogP contribution in [0.2, 0.25) is 5.02 Å². The van der Waals surface area contributed by atoms with Crippen molar-refractivity contribution in [1.29, 1.82) is 0 Å². The number of carbonyl (C=O) groups excluding carboxylic acids is 2. The van der Waals surface area contributed by atoms with Crippen LogP contribution in [0.3, 0.4) is 0 Å². The smallest absolute Gasteiger partial charge is 0.282 e. The van der Waals surface area contributed by atoms with Gasteiger partial charge in [-0.05, 0) is 31.4 Å². The van der Waals surface area contributed by atoms with Gasteiger partial charge in [0.2, 0.25) is 5.91 Å². The van der Waals surface area contributed by atoms with Crippen molar-refractivity contribution < 1.29 is 14.5 Å². The molecule has 1 aromatic rings. The van der Waals surface area contributed by atoms with Crippen LogP contribution in [0.5, 0.6) is 0 Å². The lowest BCUT2D eigenvalue weighted by atomic mass is 9.96. The predicted molar refractivity (Wildman–Crippen MR) is 104 cm³/mol. The predicted octanol–water partition coefficient (Wildman–Crippen LogP) is 3.80. The fourth-order valence-electron chi connectivity index (χ4n) is 3.29. The lowest BCUT2D eigenvalue weighted by molar-refractivity contribution is -0.385. The minimum atomic E-state index is -0.589. The van der Waals surface area contributed by atoms with E-state index in [1.54, 1.807) is 0 Å². The van der Waals surface area contributed by atoms with Crippen molar-refractivity contribution in [2.24, 2.45) is 5.92 Å². The number of carbonyl (C=O) groups is 2. The van der Waals surface area contributed by atoms with E-state index in [9.17, 15) is 19.7 Å². The molecular formula is C19H26ClN3O4. The zero-order chi connectivity index (χ0) is 19.8. The lowest BCUT2D eigenvalue weighted by Crippen LogP contribution is -2.45. The molecule has 1 atom stereocenters. The summed E-state index contributed by atoms with van der Waals surface area (Å²) in [7, 11) is 0. The van der Waals surface area contributed by atoms with E-state index in [4.69, 9.17) is 11.6 Å². The molecular weight excluding hydrogens is 370 g/mol. The second kappa shape index (κ2) is 10.3. The lowest BCUT2D eigenvalue weighted by Gasteiger charge is -2.32. The standard InChI is InChI=1S/C19H26ClN3O4/c1-2-3-4-5-10-21-18(24)14-7-6-11-22(13-14)19(25)16-12-15(20)8-9-17(16)23(26)27/h8-9,12,14H,2-7,10-11,13H2,1H3,(H,21,24). The molecule has 0 aromatic heterocycles. The van der Waals surface area contributed by atoms with Gasteiger partial charge in [-0.1, -0.05) is 37.8 Å². The number of piperidine rings is 1. The molecule has 2 rings (SSSR count). The summed E-state index contributed by atoms with van der Waals surface area (Å²) < 4.78 is 0. The molecule has 27 heavy (non-hydrogen) atoms. The van der Waals surface area contributed by atoms with E-state index in [0.29, 0.717) is 25.9 Å². The van der Waals surface area contributed by atoms with Gasteiger partial charge in [-0.25, -0.2) is 0 Å². The highest BCUT2D eigenvalue weighted by Gasteiger charge is 2.31. The van der Waals surface area contributed by atoms with Crippen LogP contribution in [-0.4, -0.2) is 41.3 Å². The normalized spacial score (nSPS) is 16.8. The zero-order valence-electron chi connectivity index (χ0n) is 15.6. The number of benzene rings is 1. The van der Waals surface area contributed by atoms with Crippen LogP contribution in [0.25, 0.3) is 0 Å². The molecule has 1 heterocycles. The summed E-state index contributed by atoms with van der Waals surface area (Å²) in [6, 6.07) is 3.95. The Labute approximate surface area is 164 Å². The highest BCUT2D eigenvalue weighted by atomic mass is 35.5. The minimum Gasteiger partial charge on any atom is -0.356 e. The average molecular weight is 396 g/mol. The van der Waals surface area contributed by atoms with Crippen molar-refractivity contribution in [2.75, 3.05) is 19.6 Å². The van der Waals surface area contributed by atoms with Crippen LogP contribution >= 0.6 is 11.6 Å². The number of nitro benzene ring substituents is 1. The third-order valence-electron chi connectivity index (χ3n) is 4.79. The van der Waals surface area contributed by atoms with E-state index in [-0.39, 0.29) is 34.6 Å². The van der Waals surface area contributed by atoms with Gasteiger partial charge < -0.3 is 10.2 Å². The summed E-state index contributed by atoms with van der Waals surface area (Å²) in [6.07, 6.45) is 5.73. The van der Waals surface area contributed by atoms with Crippen molar-refractivity contribution in [3.05, 3.63) is 38.9 Å². The molecule has 1 N–H and O–H groups in total. The molecule has 1 fully saturated rings. The van der Waals surface area contributed by atoms with Gasteiger partial charge in [-0.2, -0.15) is 0 Å². The Balaban J connectivity index is 1.99. The summed E-state index contributed by atoms with van der Waals surface area (Å²) in [5.41, 5.74) is -0.306. The van der Waals surface area contributed by atoms with Crippen molar-refractivity contribution in [1.82, 2.24) is 10.2 Å². The number of halogens is 1. The van der Waals surface area contributed by atoms with Crippen LogP contribution < -0.4 is 5.32 Å². The number of nitro groups is 1. The summed E-state index contributed by atoms with van der Waals surface area (Å²) in [6.45, 7) is 3.52. The summed E-state index contributed by atoms with van der Waals surface area (Å²) in [5, 5.41) is 14.4. The van der Waals surface area contributed by atoms with Crippen LogP contribution in [0.1, 0.15) is 55.8 Å². The summed E-state index contributed by atoms with van der Waals surface area (Å²) in [5.74, 6) is -0.790. The van der Waals surface area contributed by atoms with Crippen LogP contribution in [0.4, 0.5) is 5.69 Å². The first kappa shape index (κ1) is 21.2. The number of unbranched alkanes of at least 4 members (excludes halogenated alkanes) is 3. The monoisotopic (exact) mass is 395 g/mol. The van der Waals surface area contributed by atoms with E-state index < -0.39 is 10.8 Å². The Morgan fingerprint density at radius 2 is 2.11 bits per heavy atom. The van der Waals surface area contributed by atoms with Crippen molar-refractivity contribution in [2.45, 2.75) is 45.4 Å². The fraction of sp³-hybridized carbons (Fsp3) is 0.579. The molecule has 1 aromatic carbocycles. The molecule has 1 saturated heterocycles. The number of rotatable bonds is 8. The average Bonchev–Trinajstić information content (AvgIpc) is 2.66. The van der Waals surface area contributed by atoms with Gasteiger partial charge in [0, 0.05) is 30.7 Å². The van der Waals surface area contributed by atoms with Crippen molar-refractivity contribution >= 4 is 29.1 Å². The number of likely N-dealkylation sites (tertiary alicyclic amines) is 1. The van der Waals surface area contributed by atoms with E-state index in [0.717, 1.165) is 25.7 Å². The van der Waals surface area contributed by atoms with E-state index in [1.807, 2.05) is 0 Å². The minimum absolute atomic E-state index is 0.0341. The maximum absolute atomic E-state index is 12.8. The molecule has 1 aliphatic heterocycles. The molecule has 7 nitrogen and oxygen atoms in total. The van der Waals surface area contributed by atoms with Gasteiger partial charge in [-0.3, -0.25) is 19.7 Å². The number of amides is 2. The number of hydrogen-bond acceptors (Lipinski definition) is 4. The Morgan fingerprint density at radius 1 is 1.33 bits per heavy atom. The maximum Gasteiger partial charge on any atom is 0.282 e. The van der Waals surface area contributed by atoms with Crippen molar-refractivity contribution in [3.63, 3.8) is 0 Å². The quantitative estimate of drug-likeness (QED) is 0.411. The fourth-order valence-corrected chi connectivity index (χ4v) is 3.46. The first-order valence-corrected chi connectivity index (χ1v) is 9.82. The van der Waals surface area contributed by atoms with Gasteiger partial charge >= 0.3 is 0 Å². The number of nitrogens with one attached hydrogen (secondary N) is 1. The number of nitrogens with zero attached hydrogens (tertiary/aromatic N) is 2. The van der Waals surface area contributed by atoms with Gasteiger partial charge in [0.05, 0.1) is 10.8 Å². The second-order valence-corrected chi connectivity index (χ2v) is 7.30. The second-order valence-electron chi connectivity index (χ2n) is 6.86. The van der Waals surface area contributed by atoms with Crippen LogP contribution in [0.15, 0.2) is 18.2 Å². The van der Waals surface area contributed by atoms with E-state index in [1.165, 1.54) is 23.1 Å². The third-order valence-corrected chi connectivity index (χ3v) is 5.03. The molecule has 148 valence electrons. The molecule has 1 aliphatic rings. The molecule has 0 radical (unpaired) electrons. The van der Waals surface area contributed by atoms with Gasteiger partial charge in [0.1, 0.15) is 5.56 Å². The Kier molecular flexibility index (Phi) is 8.03. The van der Waals surface area contributed by atoms with E-state index >= 15 is 0 Å². The maximum atomic E-state index is 12.8. The molecule has 2 amide bonds. The van der Waals surface area contributed by atoms with Crippen LogP contribution in [-0.2, 0) is 4.79 Å². The highest BCUT2D eigenvalue weighted by Crippen LogP contribution is 2.26. The molecule has 1 unspecified atom stereocenters. The molecule has 0 aliphatic carbocycles. The Hall–Kier alpha value is -2.15. The molecule has 0 saturated carbocycles. The third kappa shape index (κ3) is 5.92. The van der Waals surface area contributed by atoms with Crippen LogP contribution in [0, 0.1) is 16.0 Å². The van der Waals surface area contributed by atoms with Gasteiger partial charge in [0.15, 0.2) is 0 Å². The largest absolute Gasteiger partial charge is 0.356 e. The molecule has 0 spiro atoms. The van der Waals surface area contributed by atoms with Gasteiger partial charge in [-0.15, -0.1) is 0 Å². The van der Waals surface area contributed by atoms with E-state index in [2.05, 4.69) is 12.2 Å². The Morgan fingerprint density at radius 3 is 2.81 bits per heavy atom. The topological polar surface area (TPSA) is 92.6 Å². The molecule has 0 bridgehead atoms. The summed E-state index contributed by atoms with van der Waals surface area (Å²) in [4.78, 5) is 37.3. The first-order chi connectivity index (χ1) is 12.9. The molecule has 8 heteroatoms.